The van der Waals surface area contributed by atoms with E-state index in [-0.39, 0.29) is 5.75 Å². The molecule has 0 radical (unpaired) electrons. The zero-order valence-electron chi connectivity index (χ0n) is 11.2. The molecule has 0 heterocycles. The summed E-state index contributed by atoms with van der Waals surface area (Å²) in [4.78, 5) is 0. The van der Waals surface area contributed by atoms with Crippen LogP contribution >= 0.6 is 0 Å². The summed E-state index contributed by atoms with van der Waals surface area (Å²) in [5.41, 5.74) is 2.18. The lowest BCUT2D eigenvalue weighted by atomic mass is 10.1. The van der Waals surface area contributed by atoms with Crippen LogP contribution in [0.1, 0.15) is 24.5 Å². The van der Waals surface area contributed by atoms with Crippen LogP contribution in [-0.2, 0) is 10.0 Å². The minimum Gasteiger partial charge on any atom is -0.492 e. The second kappa shape index (κ2) is 6.75. The van der Waals surface area contributed by atoms with Crippen molar-refractivity contribution in [2.45, 2.75) is 27.2 Å². The normalized spacial score (nSPS) is 11.5. The Hall–Kier alpha value is -1.07. The lowest BCUT2D eigenvalue weighted by Crippen LogP contribution is -2.30. The standard InChI is InChI=1S/C13H21NO3S/c1-4-9-18(15,16)14-7-8-17-13-10-11(2)5-6-12(13)3/h5-6,10,14H,4,7-9H2,1-3H3. The highest BCUT2D eigenvalue weighted by atomic mass is 32.2. The molecule has 0 bridgehead atoms. The molecule has 0 aromatic heterocycles. The van der Waals surface area contributed by atoms with Crippen molar-refractivity contribution in [1.82, 2.24) is 4.72 Å². The molecule has 0 saturated carbocycles. The van der Waals surface area contributed by atoms with Gasteiger partial charge in [-0.2, -0.15) is 0 Å². The molecule has 5 heteroatoms. The van der Waals surface area contributed by atoms with Crippen molar-refractivity contribution in [2.75, 3.05) is 18.9 Å². The average molecular weight is 271 g/mol. The van der Waals surface area contributed by atoms with Gasteiger partial charge in [-0.3, -0.25) is 0 Å². The van der Waals surface area contributed by atoms with E-state index < -0.39 is 10.0 Å². The molecule has 102 valence electrons. The Balaban J connectivity index is 2.40. The van der Waals surface area contributed by atoms with Crippen LogP contribution in [0.5, 0.6) is 5.75 Å². The third-order valence-electron chi connectivity index (χ3n) is 2.50. The van der Waals surface area contributed by atoms with Gasteiger partial charge in [0.25, 0.3) is 0 Å². The first-order valence-electron chi connectivity index (χ1n) is 6.12. The maximum atomic E-state index is 11.4. The van der Waals surface area contributed by atoms with Crippen LogP contribution < -0.4 is 9.46 Å². The predicted molar refractivity (Wildman–Crippen MR) is 73.5 cm³/mol. The predicted octanol–water partition coefficient (Wildman–Crippen LogP) is 2.01. The largest absolute Gasteiger partial charge is 0.492 e. The second-order valence-corrected chi connectivity index (χ2v) is 6.26. The van der Waals surface area contributed by atoms with E-state index in [1.165, 1.54) is 0 Å². The van der Waals surface area contributed by atoms with Crippen molar-refractivity contribution in [3.05, 3.63) is 29.3 Å². The molecule has 1 aromatic carbocycles. The fourth-order valence-corrected chi connectivity index (χ4v) is 2.64. The minimum atomic E-state index is -3.13. The van der Waals surface area contributed by atoms with Gasteiger partial charge in [0.15, 0.2) is 0 Å². The summed E-state index contributed by atoms with van der Waals surface area (Å²) in [6.45, 7) is 6.45. The molecule has 0 aliphatic heterocycles. The van der Waals surface area contributed by atoms with E-state index in [0.29, 0.717) is 19.6 Å². The smallest absolute Gasteiger partial charge is 0.211 e. The third kappa shape index (κ3) is 5.06. The maximum absolute atomic E-state index is 11.4. The molecule has 1 N–H and O–H groups in total. The molecular formula is C13H21NO3S. The summed E-state index contributed by atoms with van der Waals surface area (Å²) >= 11 is 0. The van der Waals surface area contributed by atoms with Crippen molar-refractivity contribution in [2.24, 2.45) is 0 Å². The number of benzene rings is 1. The Morgan fingerprint density at radius 2 is 2.00 bits per heavy atom. The number of ether oxygens (including phenoxy) is 1. The second-order valence-electron chi connectivity index (χ2n) is 4.33. The number of sulfonamides is 1. The molecule has 0 saturated heterocycles. The molecule has 4 nitrogen and oxygen atoms in total. The molecule has 18 heavy (non-hydrogen) atoms. The van der Waals surface area contributed by atoms with Gasteiger partial charge in [-0.1, -0.05) is 19.1 Å². The van der Waals surface area contributed by atoms with Crippen LogP contribution in [0.3, 0.4) is 0 Å². The first-order valence-corrected chi connectivity index (χ1v) is 7.77. The van der Waals surface area contributed by atoms with Crippen LogP contribution in [0.15, 0.2) is 18.2 Å². The zero-order chi connectivity index (χ0) is 13.6. The van der Waals surface area contributed by atoms with E-state index in [1.807, 2.05) is 39.0 Å². The van der Waals surface area contributed by atoms with Gasteiger partial charge in [0, 0.05) is 6.54 Å². The van der Waals surface area contributed by atoms with Crippen LogP contribution in [-0.4, -0.2) is 27.3 Å². The first kappa shape index (κ1) is 15.0. The highest BCUT2D eigenvalue weighted by Crippen LogP contribution is 2.18. The summed E-state index contributed by atoms with van der Waals surface area (Å²) < 4.78 is 30.9. The number of nitrogens with one attached hydrogen (secondary N) is 1. The summed E-state index contributed by atoms with van der Waals surface area (Å²) in [5.74, 6) is 0.973. The Bertz CT molecular complexity index is 483. The number of hydrogen-bond donors (Lipinski definition) is 1. The molecule has 1 rings (SSSR count). The molecule has 0 fully saturated rings. The monoisotopic (exact) mass is 271 g/mol. The fourth-order valence-electron chi connectivity index (χ4n) is 1.56. The molecule has 0 aliphatic rings. The van der Waals surface area contributed by atoms with Gasteiger partial charge >= 0.3 is 0 Å². The molecule has 1 aromatic rings. The molecule has 0 spiro atoms. The van der Waals surface area contributed by atoms with Gasteiger partial charge in [-0.05, 0) is 37.5 Å². The Morgan fingerprint density at radius 3 is 2.67 bits per heavy atom. The fraction of sp³-hybridized carbons (Fsp3) is 0.538. The van der Waals surface area contributed by atoms with Gasteiger partial charge < -0.3 is 4.74 Å². The summed E-state index contributed by atoms with van der Waals surface area (Å²) in [7, 11) is -3.13. The van der Waals surface area contributed by atoms with E-state index in [1.54, 1.807) is 0 Å². The minimum absolute atomic E-state index is 0.163. The number of rotatable bonds is 7. The highest BCUT2D eigenvalue weighted by molar-refractivity contribution is 7.89. The van der Waals surface area contributed by atoms with Crippen LogP contribution in [0.4, 0.5) is 0 Å². The van der Waals surface area contributed by atoms with Gasteiger partial charge in [-0.15, -0.1) is 0 Å². The van der Waals surface area contributed by atoms with Crippen LogP contribution in [0, 0.1) is 13.8 Å². The van der Waals surface area contributed by atoms with E-state index in [9.17, 15) is 8.42 Å². The Labute approximate surface area is 109 Å². The zero-order valence-corrected chi connectivity index (χ0v) is 12.0. The summed E-state index contributed by atoms with van der Waals surface area (Å²) in [6.07, 6.45) is 0.618. The highest BCUT2D eigenvalue weighted by Gasteiger charge is 2.07. The van der Waals surface area contributed by atoms with Gasteiger partial charge in [-0.25, -0.2) is 13.1 Å². The van der Waals surface area contributed by atoms with Crippen molar-refractivity contribution < 1.29 is 13.2 Å². The quantitative estimate of drug-likeness (QED) is 0.772. The lowest BCUT2D eigenvalue weighted by Gasteiger charge is -2.10. The Kier molecular flexibility index (Phi) is 5.62. The molecule has 0 amide bonds. The van der Waals surface area contributed by atoms with Gasteiger partial charge in [0.2, 0.25) is 10.0 Å². The Morgan fingerprint density at radius 1 is 1.28 bits per heavy atom. The third-order valence-corrected chi connectivity index (χ3v) is 4.09. The van der Waals surface area contributed by atoms with Crippen LogP contribution in [0.2, 0.25) is 0 Å². The van der Waals surface area contributed by atoms with Crippen molar-refractivity contribution in [3.8, 4) is 5.75 Å². The van der Waals surface area contributed by atoms with E-state index in [4.69, 9.17) is 4.74 Å². The van der Waals surface area contributed by atoms with E-state index >= 15 is 0 Å². The number of aryl methyl sites for hydroxylation is 2. The average Bonchev–Trinajstić information content (AvgIpc) is 2.29. The maximum Gasteiger partial charge on any atom is 0.211 e. The lowest BCUT2D eigenvalue weighted by molar-refractivity contribution is 0.320. The number of hydrogen-bond acceptors (Lipinski definition) is 3. The van der Waals surface area contributed by atoms with Crippen LogP contribution in [0.25, 0.3) is 0 Å². The molecule has 0 aliphatic carbocycles. The topological polar surface area (TPSA) is 55.4 Å². The molecular weight excluding hydrogens is 250 g/mol. The van der Waals surface area contributed by atoms with Crippen molar-refractivity contribution in [3.63, 3.8) is 0 Å². The van der Waals surface area contributed by atoms with Gasteiger partial charge in [0.1, 0.15) is 12.4 Å². The van der Waals surface area contributed by atoms with Crippen molar-refractivity contribution >= 4 is 10.0 Å². The molecule has 0 atom stereocenters. The summed E-state index contributed by atoms with van der Waals surface area (Å²) in [5, 5.41) is 0. The SMILES string of the molecule is CCCS(=O)(=O)NCCOc1cc(C)ccc1C. The van der Waals surface area contributed by atoms with E-state index in [2.05, 4.69) is 4.72 Å². The van der Waals surface area contributed by atoms with Crippen molar-refractivity contribution in [1.29, 1.82) is 0 Å². The first-order chi connectivity index (χ1) is 8.44. The summed E-state index contributed by atoms with van der Waals surface area (Å²) in [6, 6.07) is 5.97. The van der Waals surface area contributed by atoms with Gasteiger partial charge in [0.05, 0.1) is 5.75 Å². The molecule has 0 unspecified atom stereocenters. The van der Waals surface area contributed by atoms with E-state index in [0.717, 1.165) is 16.9 Å².